The Labute approximate surface area is 103 Å². The largest absolute Gasteiger partial charge is 0.393 e. The lowest BCUT2D eigenvalue weighted by molar-refractivity contribution is 0.135. The van der Waals surface area contributed by atoms with Crippen LogP contribution in [0.25, 0.3) is 0 Å². The second kappa shape index (κ2) is 7.82. The summed E-state index contributed by atoms with van der Waals surface area (Å²) in [4.78, 5) is 2.35. The molecule has 0 saturated heterocycles. The Morgan fingerprint density at radius 1 is 1.31 bits per heavy atom. The van der Waals surface area contributed by atoms with E-state index in [0.717, 1.165) is 38.9 Å². The quantitative estimate of drug-likeness (QED) is 0.756. The van der Waals surface area contributed by atoms with Crippen LogP contribution in [0.1, 0.15) is 32.3 Å². The van der Waals surface area contributed by atoms with E-state index in [9.17, 15) is 5.11 Å². The molecule has 1 atom stereocenters. The van der Waals surface area contributed by atoms with Crippen LogP contribution in [0.3, 0.4) is 0 Å². The molecule has 1 rings (SSSR count). The highest BCUT2D eigenvalue weighted by molar-refractivity contribution is 7.07. The Hall–Kier alpha value is -0.380. The molecular formula is C13H23NOS. The average Bonchev–Trinajstić information content (AvgIpc) is 2.80. The van der Waals surface area contributed by atoms with Crippen molar-refractivity contribution in [3.8, 4) is 0 Å². The highest BCUT2D eigenvalue weighted by Gasteiger charge is 2.07. The summed E-state index contributed by atoms with van der Waals surface area (Å²) in [6.45, 7) is 7.50. The van der Waals surface area contributed by atoms with Crippen molar-refractivity contribution in [2.45, 2.75) is 39.2 Å². The summed E-state index contributed by atoms with van der Waals surface area (Å²) < 4.78 is 0. The first-order valence-corrected chi connectivity index (χ1v) is 7.12. The van der Waals surface area contributed by atoms with Gasteiger partial charge in [-0.3, -0.25) is 0 Å². The maximum absolute atomic E-state index is 9.86. The fraction of sp³-hybridized carbons (Fsp3) is 0.692. The molecular weight excluding hydrogens is 218 g/mol. The molecule has 0 saturated carbocycles. The van der Waals surface area contributed by atoms with Gasteiger partial charge < -0.3 is 10.0 Å². The third-order valence-corrected chi connectivity index (χ3v) is 3.75. The van der Waals surface area contributed by atoms with Gasteiger partial charge in [0.25, 0.3) is 0 Å². The molecule has 92 valence electrons. The lowest BCUT2D eigenvalue weighted by Crippen LogP contribution is -2.27. The second-order valence-corrected chi connectivity index (χ2v) is 4.92. The first-order valence-electron chi connectivity index (χ1n) is 6.17. The van der Waals surface area contributed by atoms with Crippen molar-refractivity contribution < 1.29 is 5.11 Å². The third kappa shape index (κ3) is 5.10. The van der Waals surface area contributed by atoms with Crippen molar-refractivity contribution >= 4 is 11.3 Å². The zero-order valence-corrected chi connectivity index (χ0v) is 11.2. The summed E-state index contributed by atoms with van der Waals surface area (Å²) in [5.74, 6) is 0. The summed E-state index contributed by atoms with van der Waals surface area (Å²) in [5, 5.41) is 14.1. The topological polar surface area (TPSA) is 23.5 Å². The summed E-state index contributed by atoms with van der Waals surface area (Å²) in [7, 11) is 0. The Morgan fingerprint density at radius 2 is 2.06 bits per heavy atom. The van der Waals surface area contributed by atoms with Crippen LogP contribution >= 0.6 is 11.3 Å². The number of aliphatic hydroxyl groups is 1. The molecule has 1 N–H and O–H groups in total. The number of aliphatic hydroxyl groups excluding tert-OH is 1. The maximum atomic E-state index is 9.86. The van der Waals surface area contributed by atoms with Crippen molar-refractivity contribution in [2.24, 2.45) is 0 Å². The van der Waals surface area contributed by atoms with Crippen molar-refractivity contribution in [1.29, 1.82) is 0 Å². The average molecular weight is 241 g/mol. The van der Waals surface area contributed by atoms with E-state index in [1.165, 1.54) is 5.56 Å². The van der Waals surface area contributed by atoms with Gasteiger partial charge in [-0.15, -0.1) is 0 Å². The number of aryl methyl sites for hydroxylation is 1. The SMILES string of the molecule is CCN(CC)CCC(O)CCc1ccsc1. The molecule has 16 heavy (non-hydrogen) atoms. The molecule has 0 aliphatic heterocycles. The van der Waals surface area contributed by atoms with Gasteiger partial charge in [-0.25, -0.2) is 0 Å². The first kappa shape index (κ1) is 13.7. The molecule has 0 aromatic carbocycles. The summed E-state index contributed by atoms with van der Waals surface area (Å²) in [6, 6.07) is 2.14. The van der Waals surface area contributed by atoms with E-state index in [2.05, 4.69) is 35.6 Å². The van der Waals surface area contributed by atoms with Crippen LogP contribution in [0, 0.1) is 0 Å². The fourth-order valence-electron chi connectivity index (χ4n) is 1.78. The van der Waals surface area contributed by atoms with Gasteiger partial charge in [0.2, 0.25) is 0 Å². The maximum Gasteiger partial charge on any atom is 0.0555 e. The summed E-state index contributed by atoms with van der Waals surface area (Å²) in [5.41, 5.74) is 1.35. The Morgan fingerprint density at radius 3 is 2.62 bits per heavy atom. The molecule has 2 nitrogen and oxygen atoms in total. The van der Waals surface area contributed by atoms with Crippen LogP contribution in [0.15, 0.2) is 16.8 Å². The van der Waals surface area contributed by atoms with Crippen molar-refractivity contribution in [3.05, 3.63) is 22.4 Å². The third-order valence-electron chi connectivity index (χ3n) is 3.02. The van der Waals surface area contributed by atoms with Crippen LogP contribution in [0.5, 0.6) is 0 Å². The highest BCUT2D eigenvalue weighted by atomic mass is 32.1. The lowest BCUT2D eigenvalue weighted by Gasteiger charge is -2.19. The molecule has 1 heterocycles. The van der Waals surface area contributed by atoms with Crippen molar-refractivity contribution in [1.82, 2.24) is 4.90 Å². The van der Waals surface area contributed by atoms with E-state index in [1.54, 1.807) is 11.3 Å². The van der Waals surface area contributed by atoms with Gasteiger partial charge >= 0.3 is 0 Å². The van der Waals surface area contributed by atoms with Crippen LogP contribution < -0.4 is 0 Å². The van der Waals surface area contributed by atoms with Gasteiger partial charge in [-0.1, -0.05) is 13.8 Å². The lowest BCUT2D eigenvalue weighted by atomic mass is 10.1. The summed E-state index contributed by atoms with van der Waals surface area (Å²) in [6.07, 6.45) is 2.63. The Bertz CT molecular complexity index is 257. The van der Waals surface area contributed by atoms with E-state index >= 15 is 0 Å². The van der Waals surface area contributed by atoms with E-state index in [-0.39, 0.29) is 6.10 Å². The van der Waals surface area contributed by atoms with Gasteiger partial charge in [0.15, 0.2) is 0 Å². The van der Waals surface area contributed by atoms with Crippen molar-refractivity contribution in [3.63, 3.8) is 0 Å². The van der Waals surface area contributed by atoms with E-state index in [4.69, 9.17) is 0 Å². The van der Waals surface area contributed by atoms with Gasteiger partial charge in [0, 0.05) is 6.54 Å². The molecule has 0 amide bonds. The second-order valence-electron chi connectivity index (χ2n) is 4.14. The zero-order chi connectivity index (χ0) is 11.8. The summed E-state index contributed by atoms with van der Waals surface area (Å²) >= 11 is 1.73. The molecule has 0 fully saturated rings. The molecule has 1 aromatic rings. The molecule has 1 aromatic heterocycles. The number of hydrogen-bond donors (Lipinski definition) is 1. The van der Waals surface area contributed by atoms with Crippen LogP contribution in [-0.4, -0.2) is 35.7 Å². The molecule has 0 aliphatic rings. The number of nitrogens with zero attached hydrogens (tertiary/aromatic N) is 1. The van der Waals surface area contributed by atoms with Crippen LogP contribution in [0.4, 0.5) is 0 Å². The van der Waals surface area contributed by atoms with E-state index in [0.29, 0.717) is 0 Å². The predicted molar refractivity (Wildman–Crippen MR) is 71.1 cm³/mol. The van der Waals surface area contributed by atoms with Gasteiger partial charge in [0.1, 0.15) is 0 Å². The number of rotatable bonds is 8. The minimum atomic E-state index is -0.152. The molecule has 0 bridgehead atoms. The van der Waals surface area contributed by atoms with Crippen molar-refractivity contribution in [2.75, 3.05) is 19.6 Å². The molecule has 1 unspecified atom stereocenters. The van der Waals surface area contributed by atoms with Crippen LogP contribution in [0.2, 0.25) is 0 Å². The minimum absolute atomic E-state index is 0.152. The number of hydrogen-bond acceptors (Lipinski definition) is 3. The predicted octanol–water partition coefficient (Wildman–Crippen LogP) is 2.77. The van der Waals surface area contributed by atoms with Crippen LogP contribution in [-0.2, 0) is 6.42 Å². The molecule has 0 aliphatic carbocycles. The van der Waals surface area contributed by atoms with Gasteiger partial charge in [0.05, 0.1) is 6.10 Å². The Kier molecular flexibility index (Phi) is 6.69. The highest BCUT2D eigenvalue weighted by Crippen LogP contribution is 2.11. The van der Waals surface area contributed by atoms with Gasteiger partial charge in [-0.2, -0.15) is 11.3 Å². The normalized spacial score (nSPS) is 13.2. The zero-order valence-electron chi connectivity index (χ0n) is 10.4. The monoisotopic (exact) mass is 241 g/mol. The smallest absolute Gasteiger partial charge is 0.0555 e. The number of thiophene rings is 1. The molecule has 0 radical (unpaired) electrons. The fourth-order valence-corrected chi connectivity index (χ4v) is 2.49. The molecule has 3 heteroatoms. The van der Waals surface area contributed by atoms with Gasteiger partial charge in [-0.05, 0) is 54.7 Å². The Balaban J connectivity index is 2.13. The first-order chi connectivity index (χ1) is 7.76. The molecule has 0 spiro atoms. The standard InChI is InChI=1S/C13H23NOS/c1-3-14(4-2)9-7-13(15)6-5-12-8-10-16-11-12/h8,10-11,13,15H,3-7,9H2,1-2H3. The van der Waals surface area contributed by atoms with E-state index in [1.807, 2.05) is 0 Å². The minimum Gasteiger partial charge on any atom is -0.393 e. The van der Waals surface area contributed by atoms with E-state index < -0.39 is 0 Å².